The Balaban J connectivity index is 1.63. The lowest BCUT2D eigenvalue weighted by Crippen LogP contribution is -2.34. The van der Waals surface area contributed by atoms with Crippen molar-refractivity contribution in [3.63, 3.8) is 0 Å². The molecule has 2 aromatic rings. The van der Waals surface area contributed by atoms with Gasteiger partial charge >= 0.3 is 0 Å². The van der Waals surface area contributed by atoms with Gasteiger partial charge in [-0.25, -0.2) is 0 Å². The van der Waals surface area contributed by atoms with E-state index in [1.807, 2.05) is 24.3 Å². The largest absolute Gasteiger partial charge is 0.339 e. The van der Waals surface area contributed by atoms with Gasteiger partial charge in [0.15, 0.2) is 5.82 Å². The Morgan fingerprint density at radius 1 is 1.29 bits per heavy atom. The summed E-state index contributed by atoms with van der Waals surface area (Å²) < 4.78 is 5.37. The smallest absolute Gasteiger partial charge is 0.226 e. The Bertz CT molecular complexity index is 599. The van der Waals surface area contributed by atoms with Gasteiger partial charge in [0, 0.05) is 23.9 Å². The van der Waals surface area contributed by atoms with Crippen molar-refractivity contribution < 1.29 is 4.52 Å². The first-order valence-corrected chi connectivity index (χ1v) is 7.90. The summed E-state index contributed by atoms with van der Waals surface area (Å²) in [5.74, 6) is 1.88. The molecule has 4 nitrogen and oxygen atoms in total. The van der Waals surface area contributed by atoms with Crippen LogP contribution in [0.3, 0.4) is 0 Å². The molecule has 1 aromatic carbocycles. The third-order valence-electron chi connectivity index (χ3n) is 4.17. The molecule has 0 saturated heterocycles. The highest BCUT2D eigenvalue weighted by Gasteiger charge is 2.24. The Morgan fingerprint density at radius 2 is 2.14 bits per heavy atom. The van der Waals surface area contributed by atoms with Crippen molar-refractivity contribution in [3.8, 4) is 0 Å². The molecule has 21 heavy (non-hydrogen) atoms. The zero-order valence-electron chi connectivity index (χ0n) is 12.0. The zero-order chi connectivity index (χ0) is 14.7. The molecule has 1 aliphatic carbocycles. The van der Waals surface area contributed by atoms with Crippen LogP contribution in [-0.4, -0.2) is 16.2 Å². The van der Waals surface area contributed by atoms with Gasteiger partial charge < -0.3 is 10.3 Å². The summed E-state index contributed by atoms with van der Waals surface area (Å²) in [5, 5.41) is 4.79. The van der Waals surface area contributed by atoms with Gasteiger partial charge in [0.1, 0.15) is 0 Å². The summed E-state index contributed by atoms with van der Waals surface area (Å²) in [5.41, 5.74) is 7.26. The van der Waals surface area contributed by atoms with Crippen LogP contribution in [-0.2, 0) is 12.8 Å². The van der Waals surface area contributed by atoms with E-state index >= 15 is 0 Å². The average molecular weight is 306 g/mol. The van der Waals surface area contributed by atoms with E-state index in [-0.39, 0.29) is 6.04 Å². The maximum Gasteiger partial charge on any atom is 0.226 e. The number of rotatable bonds is 4. The molecule has 0 bridgehead atoms. The maximum absolute atomic E-state index is 6.17. The van der Waals surface area contributed by atoms with E-state index in [1.165, 1.54) is 12.8 Å². The lowest BCUT2D eigenvalue weighted by Gasteiger charge is -2.27. The summed E-state index contributed by atoms with van der Waals surface area (Å²) in [6.07, 6.45) is 6.19. The molecule has 0 radical (unpaired) electrons. The van der Waals surface area contributed by atoms with Gasteiger partial charge in [0.2, 0.25) is 5.89 Å². The quantitative estimate of drug-likeness (QED) is 0.940. The number of nitrogens with zero attached hydrogens (tertiary/aromatic N) is 2. The summed E-state index contributed by atoms with van der Waals surface area (Å²) in [4.78, 5) is 4.49. The molecule has 2 N–H and O–H groups in total. The number of benzene rings is 1. The predicted octanol–water partition coefficient (Wildman–Crippen LogP) is 3.37. The van der Waals surface area contributed by atoms with E-state index in [0.29, 0.717) is 24.1 Å². The summed E-state index contributed by atoms with van der Waals surface area (Å²) in [7, 11) is 0. The lowest BCUT2D eigenvalue weighted by atomic mass is 9.83. The standard InChI is InChI=1S/C16H20ClN3O/c17-13-6-3-4-11(8-13)9-15-19-16(21-20-15)10-12-5-1-2-7-14(12)18/h3-4,6,8,12,14H,1-2,5,7,9-10,18H2. The maximum atomic E-state index is 6.17. The molecule has 0 aliphatic heterocycles. The van der Waals surface area contributed by atoms with Gasteiger partial charge in [-0.1, -0.05) is 41.7 Å². The Labute approximate surface area is 129 Å². The van der Waals surface area contributed by atoms with Crippen molar-refractivity contribution >= 4 is 11.6 Å². The second-order valence-electron chi connectivity index (χ2n) is 5.82. The molecule has 1 saturated carbocycles. The highest BCUT2D eigenvalue weighted by Crippen LogP contribution is 2.26. The van der Waals surface area contributed by atoms with Crippen molar-refractivity contribution in [1.29, 1.82) is 0 Å². The monoisotopic (exact) mass is 305 g/mol. The molecule has 112 valence electrons. The Hall–Kier alpha value is -1.39. The van der Waals surface area contributed by atoms with E-state index in [9.17, 15) is 0 Å². The first-order chi connectivity index (χ1) is 10.2. The van der Waals surface area contributed by atoms with Crippen LogP contribution in [0.1, 0.15) is 43.0 Å². The minimum atomic E-state index is 0.266. The normalized spacial score (nSPS) is 22.4. The minimum absolute atomic E-state index is 0.266. The number of halogens is 1. The molecule has 1 fully saturated rings. The minimum Gasteiger partial charge on any atom is -0.339 e. The van der Waals surface area contributed by atoms with Gasteiger partial charge in [-0.05, 0) is 36.5 Å². The molecular formula is C16H20ClN3O. The molecule has 2 unspecified atom stereocenters. The van der Waals surface area contributed by atoms with Crippen molar-refractivity contribution in [1.82, 2.24) is 10.1 Å². The summed E-state index contributed by atoms with van der Waals surface area (Å²) in [6, 6.07) is 7.99. The van der Waals surface area contributed by atoms with Gasteiger partial charge in [-0.15, -0.1) is 0 Å². The molecule has 1 heterocycles. The van der Waals surface area contributed by atoms with E-state index < -0.39 is 0 Å². The molecule has 2 atom stereocenters. The first kappa shape index (κ1) is 14.5. The summed E-state index contributed by atoms with van der Waals surface area (Å²) >= 11 is 5.98. The van der Waals surface area contributed by atoms with Crippen molar-refractivity contribution in [2.75, 3.05) is 0 Å². The van der Waals surface area contributed by atoms with Crippen LogP contribution < -0.4 is 5.73 Å². The van der Waals surface area contributed by atoms with Crippen LogP contribution in [0.2, 0.25) is 5.02 Å². The van der Waals surface area contributed by atoms with Crippen molar-refractivity contribution in [2.24, 2.45) is 11.7 Å². The second-order valence-corrected chi connectivity index (χ2v) is 6.26. The van der Waals surface area contributed by atoms with Crippen LogP contribution in [0.4, 0.5) is 0 Å². The SMILES string of the molecule is NC1CCCCC1Cc1nc(Cc2cccc(Cl)c2)no1. The van der Waals surface area contributed by atoms with Gasteiger partial charge in [-0.2, -0.15) is 4.98 Å². The van der Waals surface area contributed by atoms with Crippen LogP contribution in [0.15, 0.2) is 28.8 Å². The number of nitrogens with two attached hydrogens (primary N) is 1. The Kier molecular flexibility index (Phi) is 4.56. The third-order valence-corrected chi connectivity index (χ3v) is 4.40. The number of hydrogen-bond acceptors (Lipinski definition) is 4. The van der Waals surface area contributed by atoms with E-state index in [0.717, 1.165) is 29.8 Å². The molecule has 1 aromatic heterocycles. The summed E-state index contributed by atoms with van der Waals surface area (Å²) in [6.45, 7) is 0. The van der Waals surface area contributed by atoms with Crippen molar-refractivity contribution in [2.45, 2.75) is 44.6 Å². The van der Waals surface area contributed by atoms with E-state index in [4.69, 9.17) is 21.9 Å². The molecular weight excluding hydrogens is 286 g/mol. The van der Waals surface area contributed by atoms with E-state index in [2.05, 4.69) is 10.1 Å². The highest BCUT2D eigenvalue weighted by molar-refractivity contribution is 6.30. The third kappa shape index (κ3) is 3.83. The van der Waals surface area contributed by atoms with Crippen LogP contribution >= 0.6 is 11.6 Å². The fourth-order valence-electron chi connectivity index (χ4n) is 2.99. The Morgan fingerprint density at radius 3 is 2.95 bits per heavy atom. The predicted molar refractivity (Wildman–Crippen MR) is 82.2 cm³/mol. The fourth-order valence-corrected chi connectivity index (χ4v) is 3.20. The number of aromatic nitrogens is 2. The molecule has 0 amide bonds. The molecule has 3 rings (SSSR count). The van der Waals surface area contributed by atoms with Gasteiger partial charge in [0.25, 0.3) is 0 Å². The van der Waals surface area contributed by atoms with Crippen LogP contribution in [0, 0.1) is 5.92 Å². The van der Waals surface area contributed by atoms with Gasteiger partial charge in [0.05, 0.1) is 0 Å². The first-order valence-electron chi connectivity index (χ1n) is 7.52. The zero-order valence-corrected chi connectivity index (χ0v) is 12.7. The number of hydrogen-bond donors (Lipinski definition) is 1. The molecule has 0 spiro atoms. The van der Waals surface area contributed by atoms with Crippen LogP contribution in [0.5, 0.6) is 0 Å². The topological polar surface area (TPSA) is 64.9 Å². The molecule has 1 aliphatic rings. The van der Waals surface area contributed by atoms with Gasteiger partial charge in [-0.3, -0.25) is 0 Å². The fraction of sp³-hybridized carbons (Fsp3) is 0.500. The second kappa shape index (κ2) is 6.58. The lowest BCUT2D eigenvalue weighted by molar-refractivity contribution is 0.273. The van der Waals surface area contributed by atoms with Crippen molar-refractivity contribution in [3.05, 3.63) is 46.6 Å². The highest BCUT2D eigenvalue weighted by atomic mass is 35.5. The molecule has 5 heteroatoms. The average Bonchev–Trinajstić information content (AvgIpc) is 2.89. The van der Waals surface area contributed by atoms with E-state index in [1.54, 1.807) is 0 Å². The van der Waals surface area contributed by atoms with Crippen LogP contribution in [0.25, 0.3) is 0 Å².